The molecule has 4 bridgehead atoms. The Morgan fingerprint density at radius 1 is 1.00 bits per heavy atom. The minimum absolute atomic E-state index is 0.102. The molecular formula is C34H52O3. The van der Waals surface area contributed by atoms with Gasteiger partial charge in [-0.15, -0.1) is 0 Å². The fourth-order valence-corrected chi connectivity index (χ4v) is 12.4. The van der Waals surface area contributed by atoms with Crippen molar-refractivity contribution in [2.24, 2.45) is 64.1 Å². The van der Waals surface area contributed by atoms with Gasteiger partial charge in [0.15, 0.2) is 0 Å². The Morgan fingerprint density at radius 3 is 2.46 bits per heavy atom. The van der Waals surface area contributed by atoms with Crippen molar-refractivity contribution in [3.8, 4) is 0 Å². The SMILES string of the molecule is C[C@H](CCC(=O)OC1C2CC3CC(C2)CC1C3)[C@H]1CC[C@H]2[C@@H]3CC=C4C[C@@H](O)CC[C@]4(C)[C@H]3CC[C@]12C. The van der Waals surface area contributed by atoms with Crippen LogP contribution in [0, 0.1) is 64.1 Å². The van der Waals surface area contributed by atoms with Crippen molar-refractivity contribution in [1.29, 1.82) is 0 Å². The molecule has 206 valence electrons. The molecule has 1 N–H and O–H groups in total. The Morgan fingerprint density at radius 2 is 1.73 bits per heavy atom. The number of carbonyl (C=O) groups is 1. The normalized spacial score (nSPS) is 52.6. The van der Waals surface area contributed by atoms with Crippen molar-refractivity contribution >= 4 is 5.97 Å². The van der Waals surface area contributed by atoms with Crippen molar-refractivity contribution in [2.45, 2.75) is 129 Å². The van der Waals surface area contributed by atoms with Crippen molar-refractivity contribution in [1.82, 2.24) is 0 Å². The molecule has 8 aliphatic carbocycles. The smallest absolute Gasteiger partial charge is 0.306 e. The van der Waals surface area contributed by atoms with Crippen LogP contribution < -0.4 is 0 Å². The first-order chi connectivity index (χ1) is 17.7. The third kappa shape index (κ3) is 4.02. The first kappa shape index (κ1) is 25.2. The van der Waals surface area contributed by atoms with Crippen LogP contribution in [0.5, 0.6) is 0 Å². The maximum absolute atomic E-state index is 13.1. The molecule has 0 amide bonds. The summed E-state index contributed by atoms with van der Waals surface area (Å²) in [5.41, 5.74) is 2.34. The Kier molecular flexibility index (Phi) is 6.19. The van der Waals surface area contributed by atoms with Crippen LogP contribution >= 0.6 is 0 Å². The predicted octanol–water partition coefficient (Wildman–Crippen LogP) is 7.71. The van der Waals surface area contributed by atoms with Crippen molar-refractivity contribution in [3.05, 3.63) is 11.6 Å². The van der Waals surface area contributed by atoms with Gasteiger partial charge in [-0.2, -0.15) is 0 Å². The summed E-state index contributed by atoms with van der Waals surface area (Å²) in [4.78, 5) is 13.1. The molecular weight excluding hydrogens is 456 g/mol. The van der Waals surface area contributed by atoms with Gasteiger partial charge in [0.2, 0.25) is 0 Å². The van der Waals surface area contributed by atoms with Crippen LogP contribution in [0.25, 0.3) is 0 Å². The van der Waals surface area contributed by atoms with Crippen LogP contribution in [0.15, 0.2) is 11.6 Å². The number of ether oxygens (including phenoxy) is 1. The highest BCUT2D eigenvalue weighted by molar-refractivity contribution is 5.69. The Labute approximate surface area is 225 Å². The van der Waals surface area contributed by atoms with Gasteiger partial charge in [-0.25, -0.2) is 0 Å². The zero-order valence-corrected chi connectivity index (χ0v) is 23.8. The maximum Gasteiger partial charge on any atom is 0.306 e. The van der Waals surface area contributed by atoms with Gasteiger partial charge >= 0.3 is 5.97 Å². The quantitative estimate of drug-likeness (QED) is 0.305. The van der Waals surface area contributed by atoms with E-state index in [0.29, 0.717) is 35.0 Å². The standard InChI is InChI=1S/C34H52O3/c1-20(4-9-31(36)37-32-23-15-21-14-22(17-23)18-24(32)16-21)28-7-8-29-27-6-5-25-19-26(35)10-12-33(25,2)30(27)11-13-34(28,29)3/h5,20-24,26-30,32,35H,4,6-19H2,1-3H3/t20-,21?,22?,23?,24?,26+,27+,28-,29+,30+,32?,33+,34-/m1/s1. The van der Waals surface area contributed by atoms with E-state index in [9.17, 15) is 9.90 Å². The number of allylic oxidation sites excluding steroid dienone is 1. The summed E-state index contributed by atoms with van der Waals surface area (Å²) in [7, 11) is 0. The van der Waals surface area contributed by atoms with Crippen LogP contribution in [0.2, 0.25) is 0 Å². The van der Waals surface area contributed by atoms with Gasteiger partial charge in [0, 0.05) is 6.42 Å². The molecule has 3 nitrogen and oxygen atoms in total. The number of aliphatic hydroxyl groups excluding tert-OH is 1. The minimum atomic E-state index is -0.114. The van der Waals surface area contributed by atoms with Crippen LogP contribution in [-0.2, 0) is 9.53 Å². The second-order valence-corrected chi connectivity index (χ2v) is 15.8. The zero-order chi connectivity index (χ0) is 25.5. The topological polar surface area (TPSA) is 46.5 Å². The van der Waals surface area contributed by atoms with E-state index in [-0.39, 0.29) is 18.2 Å². The third-order valence-electron chi connectivity index (χ3n) is 14.0. The fourth-order valence-electron chi connectivity index (χ4n) is 12.4. The minimum Gasteiger partial charge on any atom is -0.462 e. The molecule has 8 atom stereocenters. The van der Waals surface area contributed by atoms with Crippen molar-refractivity contribution in [3.63, 3.8) is 0 Å². The highest BCUT2D eigenvalue weighted by atomic mass is 16.5. The molecule has 0 spiro atoms. The van der Waals surface area contributed by atoms with Crippen LogP contribution in [0.3, 0.4) is 0 Å². The van der Waals surface area contributed by atoms with E-state index in [2.05, 4.69) is 26.8 Å². The molecule has 8 aliphatic rings. The van der Waals surface area contributed by atoms with Gasteiger partial charge in [-0.05, 0) is 154 Å². The molecule has 0 unspecified atom stereocenters. The summed E-state index contributed by atoms with van der Waals surface area (Å²) >= 11 is 0. The number of hydrogen-bond donors (Lipinski definition) is 1. The third-order valence-corrected chi connectivity index (χ3v) is 14.0. The summed E-state index contributed by atoms with van der Waals surface area (Å²) in [5, 5.41) is 10.3. The van der Waals surface area contributed by atoms with E-state index in [1.165, 1.54) is 70.6 Å². The van der Waals surface area contributed by atoms with E-state index >= 15 is 0 Å². The van der Waals surface area contributed by atoms with Gasteiger partial charge in [0.1, 0.15) is 6.10 Å². The molecule has 8 rings (SSSR count). The maximum atomic E-state index is 13.1. The number of fused-ring (bicyclic) bond motifs is 5. The molecule has 7 fully saturated rings. The molecule has 0 heterocycles. The fraction of sp³-hybridized carbons (Fsp3) is 0.912. The molecule has 0 aromatic rings. The van der Waals surface area contributed by atoms with Gasteiger partial charge in [-0.3, -0.25) is 4.79 Å². The van der Waals surface area contributed by atoms with E-state index in [1.807, 2.05) is 0 Å². The highest BCUT2D eigenvalue weighted by Crippen LogP contribution is 2.67. The van der Waals surface area contributed by atoms with Crippen LogP contribution in [-0.4, -0.2) is 23.3 Å². The molecule has 7 saturated carbocycles. The number of carbonyl (C=O) groups excluding carboxylic acids is 1. The molecule has 0 aliphatic heterocycles. The van der Waals surface area contributed by atoms with Gasteiger partial charge in [0.25, 0.3) is 0 Å². The zero-order valence-electron chi connectivity index (χ0n) is 23.8. The molecule has 0 radical (unpaired) electrons. The summed E-state index contributed by atoms with van der Waals surface area (Å²) in [5.74, 6) is 7.12. The van der Waals surface area contributed by atoms with E-state index in [4.69, 9.17) is 4.74 Å². The van der Waals surface area contributed by atoms with E-state index in [1.54, 1.807) is 5.57 Å². The monoisotopic (exact) mass is 508 g/mol. The van der Waals surface area contributed by atoms with E-state index < -0.39 is 0 Å². The average molecular weight is 509 g/mol. The van der Waals surface area contributed by atoms with Crippen LogP contribution in [0.1, 0.15) is 117 Å². The predicted molar refractivity (Wildman–Crippen MR) is 147 cm³/mol. The Hall–Kier alpha value is -0.830. The molecule has 3 heteroatoms. The number of aliphatic hydroxyl groups is 1. The first-order valence-corrected chi connectivity index (χ1v) is 16.3. The lowest BCUT2D eigenvalue weighted by Gasteiger charge is -2.58. The largest absolute Gasteiger partial charge is 0.462 e. The molecule has 0 aromatic carbocycles. The first-order valence-electron chi connectivity index (χ1n) is 16.3. The number of rotatable bonds is 5. The second-order valence-electron chi connectivity index (χ2n) is 15.8. The van der Waals surface area contributed by atoms with E-state index in [0.717, 1.165) is 54.8 Å². The summed E-state index contributed by atoms with van der Waals surface area (Å²) in [6.07, 6.45) is 20.8. The van der Waals surface area contributed by atoms with Crippen molar-refractivity contribution < 1.29 is 14.6 Å². The highest BCUT2D eigenvalue weighted by Gasteiger charge is 2.59. The summed E-state index contributed by atoms with van der Waals surface area (Å²) in [6, 6.07) is 0. The summed E-state index contributed by atoms with van der Waals surface area (Å²) in [6.45, 7) is 7.61. The molecule has 0 saturated heterocycles. The lowest BCUT2D eigenvalue weighted by Crippen LogP contribution is -2.50. The van der Waals surface area contributed by atoms with Crippen molar-refractivity contribution in [2.75, 3.05) is 0 Å². The van der Waals surface area contributed by atoms with Gasteiger partial charge < -0.3 is 9.84 Å². The Balaban J connectivity index is 0.974. The second kappa shape index (κ2) is 9.10. The average Bonchev–Trinajstić information content (AvgIpc) is 3.22. The van der Waals surface area contributed by atoms with Gasteiger partial charge in [0.05, 0.1) is 6.10 Å². The molecule has 0 aromatic heterocycles. The Bertz CT molecular complexity index is 909. The number of esters is 1. The summed E-state index contributed by atoms with van der Waals surface area (Å²) < 4.78 is 6.25. The molecule has 37 heavy (non-hydrogen) atoms. The van der Waals surface area contributed by atoms with Gasteiger partial charge in [-0.1, -0.05) is 32.4 Å². The lowest BCUT2D eigenvalue weighted by molar-refractivity contribution is -0.171. The number of hydrogen-bond acceptors (Lipinski definition) is 3. The van der Waals surface area contributed by atoms with Crippen LogP contribution in [0.4, 0.5) is 0 Å². The lowest BCUT2D eigenvalue weighted by atomic mass is 9.47.